The number of nitrogens with one attached hydrogen (secondary N) is 1. The van der Waals surface area contributed by atoms with Crippen LogP contribution in [-0.4, -0.2) is 5.91 Å². The van der Waals surface area contributed by atoms with Crippen molar-refractivity contribution in [2.45, 2.75) is 13.8 Å². The Balaban J connectivity index is 0.00000196. The molecule has 0 bridgehead atoms. The van der Waals surface area contributed by atoms with E-state index in [0.717, 1.165) is 12.1 Å². The molecule has 0 radical (unpaired) electrons. The first-order valence-corrected chi connectivity index (χ1v) is 4.27. The molecule has 0 saturated carbocycles. The van der Waals surface area contributed by atoms with Gasteiger partial charge in [-0.15, -0.1) is 0 Å². The summed E-state index contributed by atoms with van der Waals surface area (Å²) in [4.78, 5) is 11.2. The van der Waals surface area contributed by atoms with E-state index in [2.05, 4.69) is 5.32 Å². The van der Waals surface area contributed by atoms with E-state index < -0.39 is 17.5 Å². The lowest BCUT2D eigenvalue weighted by molar-refractivity contribution is -0.118. The zero-order chi connectivity index (χ0) is 10.7. The highest BCUT2D eigenvalue weighted by molar-refractivity contribution is 5.92. The van der Waals surface area contributed by atoms with Gasteiger partial charge in [0.05, 0.1) is 0 Å². The highest BCUT2D eigenvalue weighted by Crippen LogP contribution is 2.18. The number of hydrogen-bond acceptors (Lipinski definition) is 1. The van der Waals surface area contributed by atoms with E-state index in [1.54, 1.807) is 13.8 Å². The normalized spacial score (nSPS) is 10.4. The zero-order valence-electron chi connectivity index (χ0n) is 7.97. The zero-order valence-corrected chi connectivity index (χ0v) is 7.97. The van der Waals surface area contributed by atoms with Crippen molar-refractivity contribution in [2.24, 2.45) is 5.92 Å². The van der Waals surface area contributed by atoms with Crippen LogP contribution < -0.4 is 5.32 Å². The Hall–Kier alpha value is -1.45. The van der Waals surface area contributed by atoms with Gasteiger partial charge in [-0.05, 0) is 12.1 Å². The minimum atomic E-state index is -0.765. The minimum Gasteiger partial charge on any atom is -0.321 e. The van der Waals surface area contributed by atoms with Gasteiger partial charge in [0.25, 0.3) is 0 Å². The first-order chi connectivity index (χ1) is 6.52. The summed E-state index contributed by atoms with van der Waals surface area (Å²) in [6.07, 6.45) is 0. The Labute approximate surface area is 82.4 Å². The molecular weight excluding hydrogens is 188 g/mol. The number of hydrogen-bond donors (Lipinski definition) is 1. The average Bonchev–Trinajstić information content (AvgIpc) is 2.11. The van der Waals surface area contributed by atoms with Crippen LogP contribution in [0.15, 0.2) is 18.2 Å². The summed E-state index contributed by atoms with van der Waals surface area (Å²) in [5.74, 6) is -2.25. The minimum absolute atomic E-state index is 0. The summed E-state index contributed by atoms with van der Waals surface area (Å²) in [7, 11) is 0. The van der Waals surface area contributed by atoms with Crippen molar-refractivity contribution in [3.63, 3.8) is 0 Å². The van der Waals surface area contributed by atoms with E-state index in [1.165, 1.54) is 6.07 Å². The van der Waals surface area contributed by atoms with Gasteiger partial charge in [0.1, 0.15) is 17.3 Å². The van der Waals surface area contributed by atoms with Gasteiger partial charge >= 0.3 is 0 Å². The standard InChI is InChI=1S/C10H11F2NO.H2/c1-6(2)10(14)13-9-7(11)4-3-5-8(9)12;/h3-6H,1-2H3,(H,13,14);1H. The predicted octanol–water partition coefficient (Wildman–Crippen LogP) is 2.81. The number of rotatable bonds is 2. The molecule has 0 unspecified atom stereocenters. The van der Waals surface area contributed by atoms with Crippen LogP contribution in [0, 0.1) is 17.6 Å². The van der Waals surface area contributed by atoms with Gasteiger partial charge in [0, 0.05) is 7.34 Å². The second kappa shape index (κ2) is 4.17. The van der Waals surface area contributed by atoms with Gasteiger partial charge < -0.3 is 5.32 Å². The molecule has 0 aromatic heterocycles. The first kappa shape index (κ1) is 10.6. The summed E-state index contributed by atoms with van der Waals surface area (Å²) in [6.45, 7) is 3.29. The first-order valence-electron chi connectivity index (χ1n) is 4.27. The van der Waals surface area contributed by atoms with Crippen molar-refractivity contribution in [3.8, 4) is 0 Å². The molecule has 0 spiro atoms. The summed E-state index contributed by atoms with van der Waals surface area (Å²) < 4.78 is 26.0. The molecule has 1 amide bonds. The highest BCUT2D eigenvalue weighted by Gasteiger charge is 2.13. The summed E-state index contributed by atoms with van der Waals surface area (Å²) in [6, 6.07) is 3.44. The summed E-state index contributed by atoms with van der Waals surface area (Å²) in [5, 5.41) is 2.19. The maximum absolute atomic E-state index is 13.0. The van der Waals surface area contributed by atoms with Crippen molar-refractivity contribution < 1.29 is 15.0 Å². The van der Waals surface area contributed by atoms with Gasteiger partial charge in [0.2, 0.25) is 5.91 Å². The van der Waals surface area contributed by atoms with Crippen molar-refractivity contribution in [1.82, 2.24) is 0 Å². The van der Waals surface area contributed by atoms with E-state index in [-0.39, 0.29) is 13.0 Å². The molecule has 0 heterocycles. The number of carbonyl (C=O) groups excluding carboxylic acids is 1. The van der Waals surface area contributed by atoms with E-state index in [1.807, 2.05) is 0 Å². The van der Waals surface area contributed by atoms with E-state index in [4.69, 9.17) is 0 Å². The second-order valence-electron chi connectivity index (χ2n) is 3.24. The van der Waals surface area contributed by atoms with Crippen molar-refractivity contribution >= 4 is 11.6 Å². The van der Waals surface area contributed by atoms with Crippen LogP contribution in [0.2, 0.25) is 0 Å². The molecule has 1 aromatic carbocycles. The van der Waals surface area contributed by atoms with Gasteiger partial charge in [-0.25, -0.2) is 8.78 Å². The molecule has 0 aliphatic heterocycles. The summed E-state index contributed by atoms with van der Waals surface area (Å²) >= 11 is 0. The number of carbonyl (C=O) groups is 1. The lowest BCUT2D eigenvalue weighted by atomic mass is 10.2. The topological polar surface area (TPSA) is 29.1 Å². The predicted molar refractivity (Wildman–Crippen MR) is 51.9 cm³/mol. The molecule has 1 N–H and O–H groups in total. The fourth-order valence-electron chi connectivity index (χ4n) is 0.885. The van der Waals surface area contributed by atoms with Crippen LogP contribution in [0.5, 0.6) is 0 Å². The molecule has 1 rings (SSSR count). The largest absolute Gasteiger partial charge is 0.321 e. The number of benzene rings is 1. The van der Waals surface area contributed by atoms with Crippen molar-refractivity contribution in [2.75, 3.05) is 5.32 Å². The molecule has 78 valence electrons. The third-order valence-corrected chi connectivity index (χ3v) is 1.74. The summed E-state index contributed by atoms with van der Waals surface area (Å²) in [5.41, 5.74) is -0.383. The third kappa shape index (κ3) is 2.28. The Morgan fingerprint density at radius 2 is 1.86 bits per heavy atom. The van der Waals surface area contributed by atoms with Crippen LogP contribution >= 0.6 is 0 Å². The van der Waals surface area contributed by atoms with E-state index in [9.17, 15) is 13.6 Å². The number of halogens is 2. The fourth-order valence-corrected chi connectivity index (χ4v) is 0.885. The van der Waals surface area contributed by atoms with Gasteiger partial charge in [-0.1, -0.05) is 19.9 Å². The maximum Gasteiger partial charge on any atom is 0.227 e. The van der Waals surface area contributed by atoms with Crippen LogP contribution in [0.1, 0.15) is 15.3 Å². The Kier molecular flexibility index (Phi) is 3.17. The van der Waals surface area contributed by atoms with Crippen molar-refractivity contribution in [3.05, 3.63) is 29.8 Å². The molecular formula is C10H13F2NO. The van der Waals surface area contributed by atoms with E-state index >= 15 is 0 Å². The third-order valence-electron chi connectivity index (χ3n) is 1.74. The molecule has 14 heavy (non-hydrogen) atoms. The SMILES string of the molecule is CC(C)C(=O)Nc1c(F)cccc1F.[HH]. The molecule has 0 saturated heterocycles. The van der Waals surface area contributed by atoms with E-state index in [0.29, 0.717) is 0 Å². The Morgan fingerprint density at radius 1 is 1.36 bits per heavy atom. The molecule has 1 aromatic rings. The van der Waals surface area contributed by atoms with Crippen molar-refractivity contribution in [1.29, 1.82) is 0 Å². The number of amides is 1. The number of para-hydroxylation sites is 1. The fraction of sp³-hybridized carbons (Fsp3) is 0.300. The second-order valence-corrected chi connectivity index (χ2v) is 3.24. The molecule has 4 heteroatoms. The Morgan fingerprint density at radius 3 is 2.29 bits per heavy atom. The Bertz CT molecular complexity index is 335. The molecule has 0 atom stereocenters. The monoisotopic (exact) mass is 201 g/mol. The maximum atomic E-state index is 13.0. The smallest absolute Gasteiger partial charge is 0.227 e. The van der Waals surface area contributed by atoms with Gasteiger partial charge in [-0.3, -0.25) is 4.79 Å². The molecule has 0 fully saturated rings. The molecule has 0 aliphatic carbocycles. The van der Waals surface area contributed by atoms with Crippen LogP contribution in [0.25, 0.3) is 0 Å². The molecule has 0 aliphatic rings. The number of anilines is 1. The van der Waals surface area contributed by atoms with Gasteiger partial charge in [-0.2, -0.15) is 0 Å². The lowest BCUT2D eigenvalue weighted by Crippen LogP contribution is -2.19. The molecule has 2 nitrogen and oxygen atoms in total. The van der Waals surface area contributed by atoms with Crippen LogP contribution in [-0.2, 0) is 4.79 Å². The van der Waals surface area contributed by atoms with Crippen LogP contribution in [0.3, 0.4) is 0 Å². The lowest BCUT2D eigenvalue weighted by Gasteiger charge is -2.08. The highest BCUT2D eigenvalue weighted by atomic mass is 19.1. The average molecular weight is 201 g/mol. The quantitative estimate of drug-likeness (QED) is 0.783. The van der Waals surface area contributed by atoms with Crippen LogP contribution in [0.4, 0.5) is 14.5 Å². The van der Waals surface area contributed by atoms with Gasteiger partial charge in [0.15, 0.2) is 0 Å².